The number of hydrogen-bond donors (Lipinski definition) is 4. The lowest BCUT2D eigenvalue weighted by atomic mass is 10.1. The fourth-order valence-corrected chi connectivity index (χ4v) is 7.10. The van der Waals surface area contributed by atoms with Crippen molar-refractivity contribution in [3.8, 4) is 11.5 Å². The van der Waals surface area contributed by atoms with Gasteiger partial charge in [-0.05, 0) is 35.4 Å². The summed E-state index contributed by atoms with van der Waals surface area (Å²) in [6.07, 6.45) is 0. The van der Waals surface area contributed by atoms with Gasteiger partial charge in [0.05, 0.1) is 28.0 Å². The lowest BCUT2D eigenvalue weighted by molar-refractivity contribution is 0.411. The van der Waals surface area contributed by atoms with Crippen molar-refractivity contribution in [2.45, 2.75) is 19.0 Å². The molecule has 2 unspecified atom stereocenters. The highest BCUT2D eigenvalue weighted by atomic mass is 32.2. The highest BCUT2D eigenvalue weighted by Crippen LogP contribution is 2.56. The molecular weight excluding hydrogens is 453 g/mol. The van der Waals surface area contributed by atoms with Crippen LogP contribution in [-0.2, 0) is 0 Å². The molecular formula is C19H22O2S6. The summed E-state index contributed by atoms with van der Waals surface area (Å²) < 4.78 is 10.9. The summed E-state index contributed by atoms with van der Waals surface area (Å²) in [5.41, 5.74) is 4.57. The van der Waals surface area contributed by atoms with Gasteiger partial charge in [-0.25, -0.2) is 0 Å². The molecule has 3 rings (SSSR count). The van der Waals surface area contributed by atoms with E-state index in [4.69, 9.17) is 9.47 Å². The molecule has 2 aromatic rings. The third-order valence-electron chi connectivity index (χ3n) is 4.39. The molecule has 0 spiro atoms. The van der Waals surface area contributed by atoms with Gasteiger partial charge >= 0.3 is 0 Å². The fourth-order valence-electron chi connectivity index (χ4n) is 3.01. The summed E-state index contributed by atoms with van der Waals surface area (Å²) >= 11 is 21.8. The summed E-state index contributed by atoms with van der Waals surface area (Å²) in [5, 5.41) is 0.415. The van der Waals surface area contributed by atoms with Crippen LogP contribution in [0.1, 0.15) is 41.2 Å². The van der Waals surface area contributed by atoms with E-state index in [1.165, 1.54) is 11.1 Å². The SMILES string of the molecule is COc1ccc(C2CSC(c3ccc(OC)c(C(S)S)c3)S2)cc1C(S)S. The van der Waals surface area contributed by atoms with Crippen molar-refractivity contribution in [1.82, 2.24) is 0 Å². The first-order chi connectivity index (χ1) is 12.9. The van der Waals surface area contributed by atoms with Crippen LogP contribution in [-0.4, -0.2) is 20.0 Å². The first-order valence-electron chi connectivity index (χ1n) is 8.29. The average molecular weight is 475 g/mol. The normalized spacial score (nSPS) is 19.7. The molecule has 8 heteroatoms. The van der Waals surface area contributed by atoms with Gasteiger partial charge in [-0.3, -0.25) is 0 Å². The van der Waals surface area contributed by atoms with Crippen LogP contribution < -0.4 is 9.47 Å². The predicted octanol–water partition coefficient (Wildman–Crippen LogP) is 6.64. The summed E-state index contributed by atoms with van der Waals surface area (Å²) in [6, 6.07) is 12.6. The number of hydrogen-bond acceptors (Lipinski definition) is 8. The van der Waals surface area contributed by atoms with E-state index >= 15 is 0 Å². The molecule has 27 heavy (non-hydrogen) atoms. The fraction of sp³-hybridized carbons (Fsp3) is 0.368. The van der Waals surface area contributed by atoms with E-state index < -0.39 is 0 Å². The zero-order chi connectivity index (χ0) is 19.6. The zero-order valence-electron chi connectivity index (χ0n) is 14.9. The van der Waals surface area contributed by atoms with E-state index in [0.29, 0.717) is 9.83 Å². The third kappa shape index (κ3) is 5.01. The first-order valence-corrected chi connectivity index (χ1v) is 12.3. The molecule has 1 fully saturated rings. The summed E-state index contributed by atoms with van der Waals surface area (Å²) in [4.78, 5) is 0. The van der Waals surface area contributed by atoms with Gasteiger partial charge in [0.15, 0.2) is 0 Å². The van der Waals surface area contributed by atoms with Crippen molar-refractivity contribution >= 4 is 74.0 Å². The van der Waals surface area contributed by atoms with Crippen LogP contribution in [0.15, 0.2) is 36.4 Å². The average Bonchev–Trinajstić information content (AvgIpc) is 3.17. The number of rotatable bonds is 6. The lowest BCUT2D eigenvalue weighted by Crippen LogP contribution is -1.97. The first kappa shape index (κ1) is 21.8. The van der Waals surface area contributed by atoms with Crippen LogP contribution in [0.2, 0.25) is 0 Å². The Morgan fingerprint density at radius 2 is 1.37 bits per heavy atom. The molecule has 0 radical (unpaired) electrons. The molecule has 1 aliphatic rings. The minimum atomic E-state index is -0.168. The minimum Gasteiger partial charge on any atom is -0.496 e. The Hall–Kier alpha value is 0.140. The largest absolute Gasteiger partial charge is 0.496 e. The van der Waals surface area contributed by atoms with Gasteiger partial charge in [0, 0.05) is 22.1 Å². The molecule has 0 bridgehead atoms. The van der Waals surface area contributed by atoms with E-state index in [2.05, 4.69) is 74.8 Å². The van der Waals surface area contributed by atoms with Crippen molar-refractivity contribution in [2.24, 2.45) is 0 Å². The van der Waals surface area contributed by atoms with Crippen LogP contribution in [0.5, 0.6) is 11.5 Å². The van der Waals surface area contributed by atoms with Crippen LogP contribution in [0, 0.1) is 0 Å². The third-order valence-corrected chi connectivity index (χ3v) is 8.85. The maximum atomic E-state index is 5.44. The maximum absolute atomic E-state index is 5.44. The second kappa shape index (κ2) is 9.76. The molecule has 0 aromatic heterocycles. The number of ether oxygens (including phenoxy) is 2. The van der Waals surface area contributed by atoms with E-state index in [9.17, 15) is 0 Å². The van der Waals surface area contributed by atoms with Gasteiger partial charge in [0.2, 0.25) is 0 Å². The molecule has 146 valence electrons. The second-order valence-corrected chi connectivity index (χ2v) is 11.7. The Balaban J connectivity index is 1.81. The molecule has 2 nitrogen and oxygen atoms in total. The molecule has 2 aromatic carbocycles. The Kier molecular flexibility index (Phi) is 7.90. The molecule has 1 heterocycles. The Bertz CT molecular complexity index is 730. The highest BCUT2D eigenvalue weighted by molar-refractivity contribution is 8.19. The smallest absolute Gasteiger partial charge is 0.124 e. The summed E-state index contributed by atoms with van der Waals surface area (Å²) in [6.45, 7) is 0. The van der Waals surface area contributed by atoms with Crippen molar-refractivity contribution in [2.75, 3.05) is 20.0 Å². The monoisotopic (exact) mass is 474 g/mol. The van der Waals surface area contributed by atoms with Crippen LogP contribution in [0.3, 0.4) is 0 Å². The Morgan fingerprint density at radius 3 is 1.89 bits per heavy atom. The standard InChI is InChI=1S/C19H22O2S6/c1-20-14-5-3-10(7-12(14)17(22)23)16-9-26-19(27-16)11-4-6-15(21-2)13(8-11)18(24)25/h3-8,16-19,22-25H,9H2,1-2H3. The number of thioether (sulfide) groups is 2. The number of benzene rings is 2. The van der Waals surface area contributed by atoms with Crippen molar-refractivity contribution in [1.29, 1.82) is 0 Å². The summed E-state index contributed by atoms with van der Waals surface area (Å²) in [5.74, 6) is 2.71. The van der Waals surface area contributed by atoms with Gasteiger partial charge in [-0.15, -0.1) is 23.5 Å². The number of thiol groups is 4. The zero-order valence-corrected chi connectivity index (χ0v) is 20.1. The van der Waals surface area contributed by atoms with Crippen molar-refractivity contribution in [3.63, 3.8) is 0 Å². The van der Waals surface area contributed by atoms with Gasteiger partial charge in [-0.2, -0.15) is 50.5 Å². The van der Waals surface area contributed by atoms with Gasteiger partial charge < -0.3 is 9.47 Å². The van der Waals surface area contributed by atoms with Gasteiger partial charge in [-0.1, -0.05) is 12.1 Å². The highest BCUT2D eigenvalue weighted by Gasteiger charge is 2.30. The maximum Gasteiger partial charge on any atom is 0.124 e. The van der Waals surface area contributed by atoms with Gasteiger partial charge in [0.25, 0.3) is 0 Å². The van der Waals surface area contributed by atoms with E-state index in [0.717, 1.165) is 28.4 Å². The van der Waals surface area contributed by atoms with E-state index in [1.54, 1.807) is 14.2 Å². The minimum absolute atomic E-state index is 0.165. The molecule has 0 amide bonds. The Labute approximate surface area is 191 Å². The molecule has 0 aliphatic carbocycles. The molecule has 2 atom stereocenters. The van der Waals surface area contributed by atoms with Crippen LogP contribution in [0.4, 0.5) is 0 Å². The van der Waals surface area contributed by atoms with E-state index in [1.807, 2.05) is 35.7 Å². The number of methoxy groups -OCH3 is 2. The quantitative estimate of drug-likeness (QED) is 0.278. The Morgan fingerprint density at radius 1 is 0.852 bits per heavy atom. The van der Waals surface area contributed by atoms with E-state index in [-0.39, 0.29) is 9.16 Å². The molecule has 1 saturated heterocycles. The second-order valence-electron chi connectivity index (χ2n) is 6.04. The molecule has 0 saturated carbocycles. The molecule has 1 aliphatic heterocycles. The predicted molar refractivity (Wildman–Crippen MR) is 133 cm³/mol. The van der Waals surface area contributed by atoms with Crippen LogP contribution in [0.25, 0.3) is 0 Å². The van der Waals surface area contributed by atoms with Crippen LogP contribution >= 0.6 is 74.0 Å². The van der Waals surface area contributed by atoms with Gasteiger partial charge in [0.1, 0.15) is 11.5 Å². The lowest BCUT2D eigenvalue weighted by Gasteiger charge is -2.17. The topological polar surface area (TPSA) is 18.5 Å². The van der Waals surface area contributed by atoms with Crippen molar-refractivity contribution in [3.05, 3.63) is 58.7 Å². The van der Waals surface area contributed by atoms with Crippen molar-refractivity contribution < 1.29 is 9.47 Å². The molecule has 0 N–H and O–H groups in total. The summed E-state index contributed by atoms with van der Waals surface area (Å²) in [7, 11) is 3.35.